The maximum Gasteiger partial charge on any atom is 0.222 e. The minimum atomic E-state index is 0.376. The van der Waals surface area contributed by atoms with Crippen LogP contribution in [0.25, 0.3) is 10.1 Å². The number of aromatic nitrogens is 1. The van der Waals surface area contributed by atoms with Crippen LogP contribution in [0.2, 0.25) is 0 Å². The molecule has 0 amide bonds. The summed E-state index contributed by atoms with van der Waals surface area (Å²) in [5, 5.41) is 1.32. The summed E-state index contributed by atoms with van der Waals surface area (Å²) in [7, 11) is 0. The normalized spacial score (nSPS) is 25.9. The molecule has 3 heteroatoms. The van der Waals surface area contributed by atoms with Crippen molar-refractivity contribution < 1.29 is 4.74 Å². The van der Waals surface area contributed by atoms with Gasteiger partial charge in [0.1, 0.15) is 6.10 Å². The molecule has 0 aromatic carbocycles. The number of hydrogen-bond acceptors (Lipinski definition) is 3. The molecule has 1 saturated carbocycles. The summed E-state index contributed by atoms with van der Waals surface area (Å²) in [4.78, 5) is 6.12. The minimum absolute atomic E-state index is 0.376. The van der Waals surface area contributed by atoms with E-state index in [0.29, 0.717) is 6.10 Å². The Bertz CT molecular complexity index is 625. The third kappa shape index (κ3) is 2.12. The van der Waals surface area contributed by atoms with E-state index >= 15 is 0 Å². The Kier molecular flexibility index (Phi) is 3.18. The summed E-state index contributed by atoms with van der Waals surface area (Å²) in [6.07, 6.45) is 11.0. The molecule has 106 valence electrons. The van der Waals surface area contributed by atoms with Crippen molar-refractivity contribution in [2.24, 2.45) is 5.92 Å². The molecule has 0 aliphatic heterocycles. The molecule has 4 rings (SSSR count). The highest BCUT2D eigenvalue weighted by Gasteiger charge is 2.24. The van der Waals surface area contributed by atoms with Gasteiger partial charge in [-0.25, -0.2) is 4.98 Å². The quantitative estimate of drug-likeness (QED) is 0.795. The smallest absolute Gasteiger partial charge is 0.222 e. The van der Waals surface area contributed by atoms with E-state index in [0.717, 1.165) is 11.8 Å². The fourth-order valence-corrected chi connectivity index (χ4v) is 4.89. The monoisotopic (exact) mass is 287 g/mol. The van der Waals surface area contributed by atoms with E-state index < -0.39 is 0 Å². The van der Waals surface area contributed by atoms with Crippen molar-refractivity contribution in [3.63, 3.8) is 0 Å². The number of hydrogen-bond donors (Lipinski definition) is 0. The van der Waals surface area contributed by atoms with Crippen LogP contribution < -0.4 is 4.74 Å². The van der Waals surface area contributed by atoms with Crippen LogP contribution in [-0.2, 0) is 12.8 Å². The van der Waals surface area contributed by atoms with Gasteiger partial charge in [0, 0.05) is 15.8 Å². The molecule has 0 atom stereocenters. The Labute approximate surface area is 124 Å². The zero-order valence-electron chi connectivity index (χ0n) is 12.0. The molecule has 1 fully saturated rings. The number of thiophene rings is 1. The van der Waals surface area contributed by atoms with E-state index in [2.05, 4.69) is 18.0 Å². The van der Waals surface area contributed by atoms with Crippen molar-refractivity contribution in [3.05, 3.63) is 22.7 Å². The first-order chi connectivity index (χ1) is 9.81. The molecule has 2 heterocycles. The van der Waals surface area contributed by atoms with Gasteiger partial charge in [-0.1, -0.05) is 6.92 Å². The third-order valence-corrected chi connectivity index (χ3v) is 6.08. The highest BCUT2D eigenvalue weighted by molar-refractivity contribution is 7.19. The molecule has 0 N–H and O–H groups in total. The molecule has 0 saturated heterocycles. The van der Waals surface area contributed by atoms with Gasteiger partial charge in [-0.2, -0.15) is 0 Å². The SMILES string of the molecule is CC1CCC(Oc2nccc3sc4c(c23)CCC4)CC1. The number of fused-ring (bicyclic) bond motifs is 3. The van der Waals surface area contributed by atoms with E-state index in [4.69, 9.17) is 4.74 Å². The molecular weight excluding hydrogens is 266 g/mol. The first kappa shape index (κ1) is 12.6. The fourth-order valence-electron chi connectivity index (χ4n) is 3.61. The van der Waals surface area contributed by atoms with Gasteiger partial charge in [-0.15, -0.1) is 11.3 Å². The largest absolute Gasteiger partial charge is 0.474 e. The van der Waals surface area contributed by atoms with Gasteiger partial charge in [0.25, 0.3) is 0 Å². The average Bonchev–Trinajstić information content (AvgIpc) is 3.02. The van der Waals surface area contributed by atoms with Crippen LogP contribution in [0.4, 0.5) is 0 Å². The number of aryl methyl sites for hydroxylation is 2. The van der Waals surface area contributed by atoms with Crippen molar-refractivity contribution >= 4 is 21.4 Å². The molecule has 0 unspecified atom stereocenters. The molecule has 2 aliphatic carbocycles. The molecule has 0 radical (unpaired) electrons. The second-order valence-electron chi connectivity index (χ2n) is 6.35. The highest BCUT2D eigenvalue weighted by atomic mass is 32.1. The summed E-state index contributed by atoms with van der Waals surface area (Å²) in [5.41, 5.74) is 1.53. The Morgan fingerprint density at radius 1 is 1.20 bits per heavy atom. The lowest BCUT2D eigenvalue weighted by Gasteiger charge is -2.26. The van der Waals surface area contributed by atoms with Gasteiger partial charge in [-0.05, 0) is 62.5 Å². The Balaban J connectivity index is 1.66. The summed E-state index contributed by atoms with van der Waals surface area (Å²) < 4.78 is 7.66. The standard InChI is InChI=1S/C17H21NOS/c1-11-5-7-12(8-6-11)19-17-16-13-3-2-4-14(13)20-15(16)9-10-18-17/h9-12H,2-8H2,1H3. The molecule has 0 spiro atoms. The first-order valence-electron chi connectivity index (χ1n) is 7.87. The number of rotatable bonds is 2. The summed E-state index contributed by atoms with van der Waals surface area (Å²) >= 11 is 1.94. The third-order valence-electron chi connectivity index (χ3n) is 4.82. The van der Waals surface area contributed by atoms with Crippen molar-refractivity contribution in [1.82, 2.24) is 4.98 Å². The average molecular weight is 287 g/mol. The zero-order chi connectivity index (χ0) is 13.5. The number of pyridine rings is 1. The van der Waals surface area contributed by atoms with Gasteiger partial charge >= 0.3 is 0 Å². The van der Waals surface area contributed by atoms with Crippen LogP contribution in [-0.4, -0.2) is 11.1 Å². The molecule has 20 heavy (non-hydrogen) atoms. The van der Waals surface area contributed by atoms with Crippen LogP contribution in [0.5, 0.6) is 5.88 Å². The van der Waals surface area contributed by atoms with Crippen LogP contribution in [0.1, 0.15) is 49.5 Å². The lowest BCUT2D eigenvalue weighted by Crippen LogP contribution is -2.23. The predicted molar refractivity (Wildman–Crippen MR) is 83.7 cm³/mol. The lowest BCUT2D eigenvalue weighted by molar-refractivity contribution is 0.132. The molecule has 2 aromatic rings. The van der Waals surface area contributed by atoms with E-state index in [1.807, 2.05) is 17.5 Å². The fraction of sp³-hybridized carbons (Fsp3) is 0.588. The van der Waals surface area contributed by atoms with Crippen molar-refractivity contribution in [2.75, 3.05) is 0 Å². The van der Waals surface area contributed by atoms with Crippen molar-refractivity contribution in [1.29, 1.82) is 0 Å². The second-order valence-corrected chi connectivity index (χ2v) is 7.48. The van der Waals surface area contributed by atoms with E-state index in [9.17, 15) is 0 Å². The molecule has 2 aliphatic rings. The first-order valence-corrected chi connectivity index (χ1v) is 8.69. The maximum atomic E-state index is 6.30. The summed E-state index contributed by atoms with van der Waals surface area (Å²) in [6.45, 7) is 2.35. The van der Waals surface area contributed by atoms with Crippen molar-refractivity contribution in [2.45, 2.75) is 58.0 Å². The lowest BCUT2D eigenvalue weighted by atomic mass is 9.89. The predicted octanol–water partition coefficient (Wildman–Crippen LogP) is 4.74. The van der Waals surface area contributed by atoms with Crippen LogP contribution in [0, 0.1) is 5.92 Å². The molecular formula is C17H21NOS. The van der Waals surface area contributed by atoms with Crippen LogP contribution in [0.15, 0.2) is 12.3 Å². The van der Waals surface area contributed by atoms with Crippen LogP contribution in [0.3, 0.4) is 0 Å². The number of ether oxygens (including phenoxy) is 1. The van der Waals surface area contributed by atoms with Gasteiger partial charge in [-0.3, -0.25) is 0 Å². The van der Waals surface area contributed by atoms with E-state index in [1.165, 1.54) is 60.6 Å². The Morgan fingerprint density at radius 3 is 2.90 bits per heavy atom. The van der Waals surface area contributed by atoms with E-state index in [1.54, 1.807) is 4.88 Å². The molecule has 2 nitrogen and oxygen atoms in total. The van der Waals surface area contributed by atoms with Gasteiger partial charge in [0.05, 0.1) is 5.39 Å². The van der Waals surface area contributed by atoms with E-state index in [-0.39, 0.29) is 0 Å². The Hall–Kier alpha value is -1.09. The van der Waals surface area contributed by atoms with Gasteiger partial charge in [0.15, 0.2) is 0 Å². The summed E-state index contributed by atoms with van der Waals surface area (Å²) in [5.74, 6) is 1.77. The second kappa shape index (κ2) is 5.03. The molecule has 2 aromatic heterocycles. The number of nitrogens with zero attached hydrogens (tertiary/aromatic N) is 1. The molecule has 0 bridgehead atoms. The highest BCUT2D eigenvalue weighted by Crippen LogP contribution is 2.41. The Morgan fingerprint density at radius 2 is 2.05 bits per heavy atom. The van der Waals surface area contributed by atoms with Crippen LogP contribution >= 0.6 is 11.3 Å². The summed E-state index contributed by atoms with van der Waals surface area (Å²) in [6, 6.07) is 2.15. The maximum absolute atomic E-state index is 6.30. The van der Waals surface area contributed by atoms with Crippen molar-refractivity contribution in [3.8, 4) is 5.88 Å². The van der Waals surface area contributed by atoms with Gasteiger partial charge in [0.2, 0.25) is 5.88 Å². The zero-order valence-corrected chi connectivity index (χ0v) is 12.8. The van der Waals surface area contributed by atoms with Gasteiger partial charge < -0.3 is 4.74 Å². The minimum Gasteiger partial charge on any atom is -0.474 e. The topological polar surface area (TPSA) is 22.1 Å².